The maximum atomic E-state index is 10.8. The van der Waals surface area contributed by atoms with Crippen LogP contribution in [0.25, 0.3) is 0 Å². The highest BCUT2D eigenvalue weighted by atomic mass is 16.5. The van der Waals surface area contributed by atoms with Crippen LogP contribution in [0.5, 0.6) is 0 Å². The first-order valence-corrected chi connectivity index (χ1v) is 4.62. The van der Waals surface area contributed by atoms with E-state index in [1.54, 1.807) is 0 Å². The van der Waals surface area contributed by atoms with E-state index in [1.165, 1.54) is 0 Å². The van der Waals surface area contributed by atoms with Gasteiger partial charge in [0, 0.05) is 12.3 Å². The zero-order valence-electron chi connectivity index (χ0n) is 8.01. The Hall–Kier alpha value is -1.59. The SMILES string of the molecule is O=C(O)CC(CC(=O)O)C1CCC(=O)O1. The fraction of sp³-hybridized carbons (Fsp3) is 0.667. The molecule has 2 N–H and O–H groups in total. The van der Waals surface area contributed by atoms with Crippen molar-refractivity contribution in [3.05, 3.63) is 0 Å². The van der Waals surface area contributed by atoms with Gasteiger partial charge in [0.1, 0.15) is 6.10 Å². The van der Waals surface area contributed by atoms with Crippen LogP contribution in [-0.2, 0) is 19.1 Å². The van der Waals surface area contributed by atoms with Crippen LogP contribution >= 0.6 is 0 Å². The number of rotatable bonds is 5. The number of carboxylic acids is 2. The van der Waals surface area contributed by atoms with E-state index < -0.39 is 24.0 Å². The van der Waals surface area contributed by atoms with E-state index in [9.17, 15) is 14.4 Å². The fourth-order valence-corrected chi connectivity index (χ4v) is 1.66. The van der Waals surface area contributed by atoms with Gasteiger partial charge in [0.25, 0.3) is 0 Å². The molecule has 0 bridgehead atoms. The van der Waals surface area contributed by atoms with Gasteiger partial charge < -0.3 is 14.9 Å². The van der Waals surface area contributed by atoms with Crippen molar-refractivity contribution in [2.24, 2.45) is 5.92 Å². The average Bonchev–Trinajstić information content (AvgIpc) is 2.48. The lowest BCUT2D eigenvalue weighted by Crippen LogP contribution is -2.25. The summed E-state index contributed by atoms with van der Waals surface area (Å²) in [6, 6.07) is 0. The van der Waals surface area contributed by atoms with Crippen LogP contribution in [0.4, 0.5) is 0 Å². The van der Waals surface area contributed by atoms with Crippen LogP contribution < -0.4 is 0 Å². The largest absolute Gasteiger partial charge is 0.481 e. The van der Waals surface area contributed by atoms with Crippen molar-refractivity contribution in [1.29, 1.82) is 0 Å². The third-order valence-corrected chi connectivity index (χ3v) is 2.32. The van der Waals surface area contributed by atoms with Gasteiger partial charge >= 0.3 is 17.9 Å². The maximum Gasteiger partial charge on any atom is 0.306 e. The smallest absolute Gasteiger partial charge is 0.306 e. The third-order valence-electron chi connectivity index (χ3n) is 2.32. The summed E-state index contributed by atoms with van der Waals surface area (Å²) in [5.74, 6) is -3.18. The molecule has 0 spiro atoms. The van der Waals surface area contributed by atoms with Crippen LogP contribution in [0.15, 0.2) is 0 Å². The normalized spacial score (nSPS) is 20.3. The number of carbonyl (C=O) groups is 3. The van der Waals surface area contributed by atoms with Gasteiger partial charge in [0.05, 0.1) is 12.8 Å². The molecule has 0 saturated carbocycles. The topological polar surface area (TPSA) is 101 Å². The van der Waals surface area contributed by atoms with Gasteiger partial charge in [-0.3, -0.25) is 14.4 Å². The first kappa shape index (κ1) is 11.5. The number of aliphatic carboxylic acids is 2. The zero-order chi connectivity index (χ0) is 11.4. The van der Waals surface area contributed by atoms with E-state index in [2.05, 4.69) is 0 Å². The summed E-state index contributed by atoms with van der Waals surface area (Å²) in [6.45, 7) is 0. The minimum Gasteiger partial charge on any atom is -0.481 e. The number of ether oxygens (including phenoxy) is 1. The summed E-state index contributed by atoms with van der Waals surface area (Å²) in [6.07, 6.45) is -0.497. The number of carboxylic acid groups (broad SMARTS) is 2. The van der Waals surface area contributed by atoms with Crippen LogP contribution in [-0.4, -0.2) is 34.2 Å². The molecule has 6 nitrogen and oxygen atoms in total. The highest BCUT2D eigenvalue weighted by Crippen LogP contribution is 2.26. The van der Waals surface area contributed by atoms with Crippen molar-refractivity contribution in [3.8, 4) is 0 Å². The summed E-state index contributed by atoms with van der Waals surface area (Å²) in [4.78, 5) is 31.8. The Morgan fingerprint density at radius 3 is 2.20 bits per heavy atom. The average molecular weight is 216 g/mol. The molecule has 84 valence electrons. The summed E-state index contributed by atoms with van der Waals surface area (Å²) in [5.41, 5.74) is 0. The number of esters is 1. The maximum absolute atomic E-state index is 10.8. The minimum absolute atomic E-state index is 0.237. The lowest BCUT2D eigenvalue weighted by Gasteiger charge is -2.18. The van der Waals surface area contributed by atoms with Crippen LogP contribution in [0.1, 0.15) is 25.7 Å². The lowest BCUT2D eigenvalue weighted by atomic mass is 9.93. The minimum atomic E-state index is -1.08. The highest BCUT2D eigenvalue weighted by molar-refractivity contribution is 5.73. The predicted molar refractivity (Wildman–Crippen MR) is 47.1 cm³/mol. The molecule has 1 rings (SSSR count). The Morgan fingerprint density at radius 2 is 1.87 bits per heavy atom. The van der Waals surface area contributed by atoms with E-state index in [-0.39, 0.29) is 25.2 Å². The molecule has 1 atom stereocenters. The molecule has 0 aliphatic carbocycles. The van der Waals surface area contributed by atoms with Crippen molar-refractivity contribution in [2.45, 2.75) is 31.8 Å². The number of carbonyl (C=O) groups excluding carboxylic acids is 1. The van der Waals surface area contributed by atoms with Crippen molar-refractivity contribution in [1.82, 2.24) is 0 Å². The Morgan fingerprint density at radius 1 is 1.33 bits per heavy atom. The van der Waals surface area contributed by atoms with E-state index in [0.29, 0.717) is 6.42 Å². The molecule has 1 fully saturated rings. The second kappa shape index (κ2) is 4.77. The molecule has 0 aromatic heterocycles. The van der Waals surface area contributed by atoms with Crippen molar-refractivity contribution in [2.75, 3.05) is 0 Å². The number of hydrogen-bond donors (Lipinski definition) is 2. The Balaban J connectivity index is 2.58. The van der Waals surface area contributed by atoms with Crippen LogP contribution in [0.2, 0.25) is 0 Å². The molecule has 1 unspecified atom stereocenters. The third kappa shape index (κ3) is 3.57. The molecule has 1 aliphatic heterocycles. The molecular weight excluding hydrogens is 204 g/mol. The van der Waals surface area contributed by atoms with Gasteiger partial charge in [-0.15, -0.1) is 0 Å². The molecule has 15 heavy (non-hydrogen) atoms. The monoisotopic (exact) mass is 216 g/mol. The van der Waals surface area contributed by atoms with E-state index in [1.807, 2.05) is 0 Å². The van der Waals surface area contributed by atoms with Gasteiger partial charge in [-0.1, -0.05) is 0 Å². The predicted octanol–water partition coefficient (Wildman–Crippen LogP) is 0.258. The Kier molecular flexibility index (Phi) is 3.65. The highest BCUT2D eigenvalue weighted by Gasteiger charge is 2.33. The summed E-state index contributed by atoms with van der Waals surface area (Å²) < 4.78 is 4.86. The van der Waals surface area contributed by atoms with E-state index in [0.717, 1.165) is 0 Å². The Bertz CT molecular complexity index is 268. The molecule has 0 amide bonds. The standard InChI is InChI=1S/C9H12O6/c10-7(11)3-5(4-8(12)13)6-1-2-9(14)15-6/h5-6H,1-4H2,(H,10,11)(H,12,13). The van der Waals surface area contributed by atoms with Gasteiger partial charge in [-0.25, -0.2) is 0 Å². The van der Waals surface area contributed by atoms with Crippen LogP contribution in [0.3, 0.4) is 0 Å². The first-order valence-electron chi connectivity index (χ1n) is 4.62. The Labute approximate surface area is 85.8 Å². The molecular formula is C9H12O6. The number of hydrogen-bond acceptors (Lipinski definition) is 4. The lowest BCUT2D eigenvalue weighted by molar-refractivity contribution is -0.150. The quantitative estimate of drug-likeness (QED) is 0.639. The van der Waals surface area contributed by atoms with Gasteiger partial charge in [-0.05, 0) is 6.42 Å². The molecule has 1 aliphatic rings. The summed E-state index contributed by atoms with van der Waals surface area (Å²) in [5, 5.41) is 17.2. The zero-order valence-corrected chi connectivity index (χ0v) is 8.01. The van der Waals surface area contributed by atoms with Crippen molar-refractivity contribution >= 4 is 17.9 Å². The van der Waals surface area contributed by atoms with Crippen molar-refractivity contribution in [3.63, 3.8) is 0 Å². The molecule has 1 heterocycles. The van der Waals surface area contributed by atoms with Crippen LogP contribution in [0, 0.1) is 5.92 Å². The fourth-order valence-electron chi connectivity index (χ4n) is 1.66. The molecule has 1 saturated heterocycles. The number of cyclic esters (lactones) is 1. The van der Waals surface area contributed by atoms with E-state index >= 15 is 0 Å². The summed E-state index contributed by atoms with van der Waals surface area (Å²) >= 11 is 0. The van der Waals surface area contributed by atoms with Gasteiger partial charge in [-0.2, -0.15) is 0 Å². The summed E-state index contributed by atoms with van der Waals surface area (Å²) in [7, 11) is 0. The van der Waals surface area contributed by atoms with Crippen molar-refractivity contribution < 1.29 is 29.3 Å². The molecule has 0 aromatic rings. The molecule has 6 heteroatoms. The second-order valence-electron chi connectivity index (χ2n) is 3.52. The van der Waals surface area contributed by atoms with E-state index in [4.69, 9.17) is 14.9 Å². The first-order chi connectivity index (χ1) is 6.99. The molecule has 0 aromatic carbocycles. The molecule has 0 radical (unpaired) electrons. The second-order valence-corrected chi connectivity index (χ2v) is 3.52. The van der Waals surface area contributed by atoms with Gasteiger partial charge in [0.15, 0.2) is 0 Å². The van der Waals surface area contributed by atoms with Gasteiger partial charge in [0.2, 0.25) is 0 Å².